The standard InChI is InChI=1S/C20H24N2O3/c1-13-9-17(25-2)3-4-18(13)20(24)22-19(15-11-16(23)12-15)10-14-5-7-21-8-6-14/h3-9,15-16,19,23H,10-12H2,1-2H3,(H,22,24). The zero-order valence-corrected chi connectivity index (χ0v) is 14.6. The van der Waals surface area contributed by atoms with Gasteiger partial charge in [0.25, 0.3) is 5.91 Å². The minimum atomic E-state index is -0.246. The summed E-state index contributed by atoms with van der Waals surface area (Å²) in [4.78, 5) is 16.8. The van der Waals surface area contributed by atoms with Crippen LogP contribution in [0.15, 0.2) is 42.7 Å². The van der Waals surface area contributed by atoms with Crippen LogP contribution in [0.3, 0.4) is 0 Å². The lowest BCUT2D eigenvalue weighted by Crippen LogP contribution is -2.48. The highest BCUT2D eigenvalue weighted by atomic mass is 16.5. The average molecular weight is 340 g/mol. The van der Waals surface area contributed by atoms with Gasteiger partial charge < -0.3 is 15.2 Å². The minimum absolute atomic E-state index is 0.000184. The van der Waals surface area contributed by atoms with Crippen LogP contribution in [-0.4, -0.2) is 35.3 Å². The Morgan fingerprint density at radius 1 is 1.32 bits per heavy atom. The lowest BCUT2D eigenvalue weighted by atomic mass is 9.75. The third-order valence-electron chi connectivity index (χ3n) is 4.92. The Kier molecular flexibility index (Phi) is 5.34. The number of aliphatic hydroxyl groups is 1. The maximum atomic E-state index is 12.8. The highest BCUT2D eigenvalue weighted by Gasteiger charge is 2.35. The molecule has 1 saturated carbocycles. The summed E-state index contributed by atoms with van der Waals surface area (Å²) in [5.41, 5.74) is 2.67. The van der Waals surface area contributed by atoms with Crippen molar-refractivity contribution in [3.63, 3.8) is 0 Å². The fourth-order valence-corrected chi connectivity index (χ4v) is 3.33. The van der Waals surface area contributed by atoms with E-state index >= 15 is 0 Å². The molecule has 0 saturated heterocycles. The zero-order valence-electron chi connectivity index (χ0n) is 14.6. The van der Waals surface area contributed by atoms with Gasteiger partial charge in [-0.2, -0.15) is 0 Å². The zero-order chi connectivity index (χ0) is 17.8. The molecule has 25 heavy (non-hydrogen) atoms. The van der Waals surface area contributed by atoms with Gasteiger partial charge in [0, 0.05) is 24.0 Å². The molecule has 1 heterocycles. The van der Waals surface area contributed by atoms with Crippen molar-refractivity contribution in [2.24, 2.45) is 5.92 Å². The SMILES string of the molecule is COc1ccc(C(=O)NC(Cc2ccncc2)C2CC(O)C2)c(C)c1. The minimum Gasteiger partial charge on any atom is -0.497 e. The third kappa shape index (κ3) is 4.17. The van der Waals surface area contributed by atoms with Crippen LogP contribution in [0.1, 0.15) is 34.3 Å². The van der Waals surface area contributed by atoms with E-state index in [9.17, 15) is 9.90 Å². The lowest BCUT2D eigenvalue weighted by Gasteiger charge is -2.38. The van der Waals surface area contributed by atoms with E-state index < -0.39 is 0 Å². The molecule has 1 aliphatic carbocycles. The summed E-state index contributed by atoms with van der Waals surface area (Å²) in [5, 5.41) is 12.8. The quantitative estimate of drug-likeness (QED) is 0.848. The van der Waals surface area contributed by atoms with Crippen LogP contribution in [0.25, 0.3) is 0 Å². The first-order chi connectivity index (χ1) is 12.1. The number of carbonyl (C=O) groups excluding carboxylic acids is 1. The summed E-state index contributed by atoms with van der Waals surface area (Å²) in [6.07, 6.45) is 5.48. The molecule has 1 fully saturated rings. The summed E-state index contributed by atoms with van der Waals surface area (Å²) in [6.45, 7) is 1.91. The van der Waals surface area contributed by atoms with Gasteiger partial charge in [-0.25, -0.2) is 0 Å². The van der Waals surface area contributed by atoms with E-state index in [1.165, 1.54) is 0 Å². The number of nitrogens with one attached hydrogen (secondary N) is 1. The molecule has 5 nitrogen and oxygen atoms in total. The molecule has 0 aliphatic heterocycles. The molecular formula is C20H24N2O3. The molecule has 2 N–H and O–H groups in total. The van der Waals surface area contributed by atoms with Crippen molar-refractivity contribution >= 4 is 5.91 Å². The van der Waals surface area contributed by atoms with Crippen LogP contribution in [-0.2, 0) is 6.42 Å². The maximum Gasteiger partial charge on any atom is 0.251 e. The number of hydrogen-bond acceptors (Lipinski definition) is 4. The first-order valence-electron chi connectivity index (χ1n) is 8.59. The molecule has 0 radical (unpaired) electrons. The van der Waals surface area contributed by atoms with Gasteiger partial charge in [0.05, 0.1) is 13.2 Å². The summed E-state index contributed by atoms with van der Waals surface area (Å²) in [6, 6.07) is 9.38. The predicted octanol–water partition coefficient (Wildman–Crippen LogP) is 2.51. The first-order valence-corrected chi connectivity index (χ1v) is 8.59. The number of aryl methyl sites for hydroxylation is 1. The number of methoxy groups -OCH3 is 1. The van der Waals surface area contributed by atoms with Crippen LogP contribution in [0.2, 0.25) is 0 Å². The molecule has 1 aromatic carbocycles. The third-order valence-corrected chi connectivity index (χ3v) is 4.92. The van der Waals surface area contributed by atoms with Gasteiger partial charge in [0.15, 0.2) is 0 Å². The Morgan fingerprint density at radius 3 is 2.64 bits per heavy atom. The van der Waals surface area contributed by atoms with E-state index in [-0.39, 0.29) is 18.1 Å². The number of rotatable bonds is 6. The monoisotopic (exact) mass is 340 g/mol. The predicted molar refractivity (Wildman–Crippen MR) is 95.7 cm³/mol. The topological polar surface area (TPSA) is 71.5 Å². The fraction of sp³-hybridized carbons (Fsp3) is 0.400. The number of ether oxygens (including phenoxy) is 1. The van der Waals surface area contributed by atoms with Crippen LogP contribution in [0, 0.1) is 12.8 Å². The van der Waals surface area contributed by atoms with Crippen LogP contribution in [0.5, 0.6) is 5.75 Å². The smallest absolute Gasteiger partial charge is 0.251 e. The van der Waals surface area contributed by atoms with Crippen LogP contribution in [0.4, 0.5) is 0 Å². The Hall–Kier alpha value is -2.40. The molecule has 1 unspecified atom stereocenters. The summed E-state index contributed by atoms with van der Waals surface area (Å²) in [7, 11) is 1.61. The normalized spacial score (nSPS) is 20.4. The van der Waals surface area contributed by atoms with Gasteiger partial charge in [-0.05, 0) is 73.6 Å². The van der Waals surface area contributed by atoms with Crippen molar-refractivity contribution in [3.05, 3.63) is 59.4 Å². The second-order valence-electron chi connectivity index (χ2n) is 6.71. The molecule has 1 aliphatic rings. The van der Waals surface area contributed by atoms with Gasteiger partial charge in [0.2, 0.25) is 0 Å². The Balaban J connectivity index is 1.74. The first kappa shape index (κ1) is 17.4. The van der Waals surface area contributed by atoms with Crippen LogP contribution < -0.4 is 10.1 Å². The van der Waals surface area contributed by atoms with Gasteiger partial charge in [-0.3, -0.25) is 9.78 Å². The Morgan fingerprint density at radius 2 is 2.04 bits per heavy atom. The molecule has 1 aromatic heterocycles. The summed E-state index contributed by atoms with van der Waals surface area (Å²) >= 11 is 0. The highest BCUT2D eigenvalue weighted by molar-refractivity contribution is 5.96. The largest absolute Gasteiger partial charge is 0.497 e. The van der Waals surface area contributed by atoms with E-state index in [0.717, 1.165) is 36.1 Å². The number of hydrogen-bond donors (Lipinski definition) is 2. The fourth-order valence-electron chi connectivity index (χ4n) is 3.33. The van der Waals surface area contributed by atoms with Crippen molar-refractivity contribution in [1.29, 1.82) is 0 Å². The number of benzene rings is 1. The maximum absolute atomic E-state index is 12.8. The van der Waals surface area contributed by atoms with E-state index in [0.29, 0.717) is 11.5 Å². The summed E-state index contributed by atoms with van der Waals surface area (Å²) in [5.74, 6) is 0.954. The molecule has 1 atom stereocenters. The highest BCUT2D eigenvalue weighted by Crippen LogP contribution is 2.32. The number of aromatic nitrogens is 1. The van der Waals surface area contributed by atoms with E-state index in [2.05, 4.69) is 10.3 Å². The van der Waals surface area contributed by atoms with Gasteiger partial charge in [-0.1, -0.05) is 0 Å². The molecule has 0 spiro atoms. The Bertz CT molecular complexity index is 727. The molecule has 132 valence electrons. The second kappa shape index (κ2) is 7.66. The summed E-state index contributed by atoms with van der Waals surface area (Å²) < 4.78 is 5.20. The number of nitrogens with zero attached hydrogens (tertiary/aromatic N) is 1. The molecule has 5 heteroatoms. The molecular weight excluding hydrogens is 316 g/mol. The van der Waals surface area contributed by atoms with Crippen molar-refractivity contribution in [3.8, 4) is 5.75 Å². The van der Waals surface area contributed by atoms with Crippen molar-refractivity contribution in [1.82, 2.24) is 10.3 Å². The molecule has 1 amide bonds. The lowest BCUT2D eigenvalue weighted by molar-refractivity contribution is 0.0239. The van der Waals surface area contributed by atoms with Crippen LogP contribution >= 0.6 is 0 Å². The number of carbonyl (C=O) groups is 1. The van der Waals surface area contributed by atoms with Gasteiger partial charge >= 0.3 is 0 Å². The van der Waals surface area contributed by atoms with Crippen molar-refractivity contribution in [2.75, 3.05) is 7.11 Å². The molecule has 3 rings (SSSR count). The second-order valence-corrected chi connectivity index (χ2v) is 6.71. The number of aliphatic hydroxyl groups excluding tert-OH is 1. The van der Waals surface area contributed by atoms with E-state index in [4.69, 9.17) is 4.74 Å². The molecule has 2 aromatic rings. The number of pyridine rings is 1. The van der Waals surface area contributed by atoms with E-state index in [1.54, 1.807) is 31.6 Å². The van der Waals surface area contributed by atoms with Gasteiger partial charge in [-0.15, -0.1) is 0 Å². The number of amides is 1. The van der Waals surface area contributed by atoms with Gasteiger partial charge in [0.1, 0.15) is 5.75 Å². The van der Waals surface area contributed by atoms with Crippen molar-refractivity contribution in [2.45, 2.75) is 38.3 Å². The average Bonchev–Trinajstić information content (AvgIpc) is 2.59. The van der Waals surface area contributed by atoms with Crippen molar-refractivity contribution < 1.29 is 14.6 Å². The Labute approximate surface area is 148 Å². The van der Waals surface area contributed by atoms with E-state index in [1.807, 2.05) is 25.1 Å². The molecule has 0 bridgehead atoms.